The van der Waals surface area contributed by atoms with E-state index in [4.69, 9.17) is 5.73 Å². The lowest BCUT2D eigenvalue weighted by atomic mass is 10.0. The van der Waals surface area contributed by atoms with E-state index in [1.54, 1.807) is 0 Å². The van der Waals surface area contributed by atoms with Crippen molar-refractivity contribution >= 4 is 29.3 Å². The molecule has 0 atom stereocenters. The van der Waals surface area contributed by atoms with Crippen LogP contribution in [0.5, 0.6) is 0 Å². The fourth-order valence-corrected chi connectivity index (χ4v) is 4.18. The fraction of sp³-hybridized carbons (Fsp3) is 0.304. The quantitative estimate of drug-likeness (QED) is 0.476. The van der Waals surface area contributed by atoms with Crippen molar-refractivity contribution in [2.24, 2.45) is 5.73 Å². The average molecular weight is 436 g/mol. The zero-order chi connectivity index (χ0) is 21.6. The largest absolute Gasteiger partial charge is 0.370 e. The number of carbonyl (C=O) groups is 2. The maximum atomic E-state index is 12.7. The Hall–Kier alpha value is -3.13. The third kappa shape index (κ3) is 5.73. The van der Waals surface area contributed by atoms with E-state index in [0.29, 0.717) is 17.6 Å². The molecule has 1 aliphatic rings. The van der Waals surface area contributed by atoms with Gasteiger partial charge in [0.2, 0.25) is 11.8 Å². The molecule has 2 aromatic carbocycles. The van der Waals surface area contributed by atoms with Crippen LogP contribution in [0.1, 0.15) is 42.1 Å². The topological polar surface area (TPSA) is 103 Å². The number of para-hydroxylation sites is 1. The molecule has 8 heteroatoms. The summed E-state index contributed by atoms with van der Waals surface area (Å²) in [7, 11) is 0. The van der Waals surface area contributed by atoms with Crippen molar-refractivity contribution < 1.29 is 9.59 Å². The minimum atomic E-state index is -0.362. The summed E-state index contributed by atoms with van der Waals surface area (Å²) in [5, 5.41) is 12.2. The lowest BCUT2D eigenvalue weighted by Crippen LogP contribution is -2.17. The zero-order valence-corrected chi connectivity index (χ0v) is 18.0. The molecular weight excluding hydrogens is 410 g/mol. The van der Waals surface area contributed by atoms with Gasteiger partial charge in [0.15, 0.2) is 5.16 Å². The number of rotatable bonds is 10. The molecule has 3 N–H and O–H groups in total. The van der Waals surface area contributed by atoms with E-state index in [1.165, 1.54) is 17.3 Å². The van der Waals surface area contributed by atoms with E-state index < -0.39 is 0 Å². The number of benzene rings is 2. The highest BCUT2D eigenvalue weighted by Crippen LogP contribution is 2.40. The van der Waals surface area contributed by atoms with Crippen LogP contribution >= 0.6 is 11.8 Å². The number of aromatic nitrogens is 3. The zero-order valence-electron chi connectivity index (χ0n) is 17.2. The van der Waals surface area contributed by atoms with Crippen LogP contribution in [-0.4, -0.2) is 32.3 Å². The van der Waals surface area contributed by atoms with Crippen molar-refractivity contribution in [2.45, 2.75) is 43.3 Å². The number of anilines is 1. The van der Waals surface area contributed by atoms with Crippen LogP contribution in [0.25, 0.3) is 0 Å². The SMILES string of the molecule is NC(=O)CCn1c(SCC(=O)Nc2ccccc2Cc2ccccc2)nnc1C1CC1. The summed E-state index contributed by atoms with van der Waals surface area (Å²) in [6.45, 7) is 0.442. The van der Waals surface area contributed by atoms with E-state index in [-0.39, 0.29) is 24.0 Å². The van der Waals surface area contributed by atoms with Gasteiger partial charge in [-0.2, -0.15) is 0 Å². The molecule has 0 saturated heterocycles. The smallest absolute Gasteiger partial charge is 0.234 e. The molecule has 0 radical (unpaired) electrons. The maximum Gasteiger partial charge on any atom is 0.234 e. The molecule has 31 heavy (non-hydrogen) atoms. The molecule has 0 spiro atoms. The first kappa shape index (κ1) is 21.1. The molecule has 1 saturated carbocycles. The molecule has 0 unspecified atom stereocenters. The maximum absolute atomic E-state index is 12.7. The second-order valence-corrected chi connectivity index (χ2v) is 8.58. The molecule has 3 aromatic rings. The van der Waals surface area contributed by atoms with Crippen LogP contribution in [0.2, 0.25) is 0 Å². The van der Waals surface area contributed by atoms with Gasteiger partial charge in [-0.05, 0) is 36.5 Å². The molecule has 4 rings (SSSR count). The van der Waals surface area contributed by atoms with Crippen LogP contribution < -0.4 is 11.1 Å². The Bertz CT molecular complexity index is 1060. The summed E-state index contributed by atoms with van der Waals surface area (Å²) in [5.74, 6) is 1.02. The Morgan fingerprint density at radius 1 is 1.06 bits per heavy atom. The minimum absolute atomic E-state index is 0.108. The fourth-order valence-electron chi connectivity index (χ4n) is 3.41. The van der Waals surface area contributed by atoms with E-state index in [9.17, 15) is 9.59 Å². The normalized spacial score (nSPS) is 13.2. The van der Waals surface area contributed by atoms with E-state index in [2.05, 4.69) is 27.6 Å². The first-order chi connectivity index (χ1) is 15.1. The van der Waals surface area contributed by atoms with Gasteiger partial charge in [0.25, 0.3) is 0 Å². The summed E-state index contributed by atoms with van der Waals surface area (Å²) in [4.78, 5) is 23.9. The van der Waals surface area contributed by atoms with Gasteiger partial charge >= 0.3 is 0 Å². The number of carbonyl (C=O) groups excluding carboxylic acids is 2. The highest BCUT2D eigenvalue weighted by atomic mass is 32.2. The monoisotopic (exact) mass is 435 g/mol. The summed E-state index contributed by atoms with van der Waals surface area (Å²) in [5.41, 5.74) is 8.38. The lowest BCUT2D eigenvalue weighted by Gasteiger charge is -2.12. The van der Waals surface area contributed by atoms with E-state index >= 15 is 0 Å². The second kappa shape index (κ2) is 9.78. The Kier molecular flexibility index (Phi) is 6.66. The summed E-state index contributed by atoms with van der Waals surface area (Å²) in [6.07, 6.45) is 3.14. The van der Waals surface area contributed by atoms with Crippen molar-refractivity contribution in [1.82, 2.24) is 14.8 Å². The van der Waals surface area contributed by atoms with Gasteiger partial charge < -0.3 is 15.6 Å². The molecule has 2 amide bonds. The van der Waals surface area contributed by atoms with Crippen LogP contribution in [0, 0.1) is 0 Å². The van der Waals surface area contributed by atoms with Gasteiger partial charge in [0.05, 0.1) is 5.75 Å². The molecule has 0 bridgehead atoms. The average Bonchev–Trinajstić information content (AvgIpc) is 3.53. The van der Waals surface area contributed by atoms with Gasteiger partial charge in [0.1, 0.15) is 5.82 Å². The molecule has 1 heterocycles. The molecule has 1 aliphatic carbocycles. The third-order valence-corrected chi connectivity index (χ3v) is 6.10. The molecule has 1 aromatic heterocycles. The van der Waals surface area contributed by atoms with Gasteiger partial charge in [-0.3, -0.25) is 9.59 Å². The number of nitrogens with zero attached hydrogens (tertiary/aromatic N) is 3. The minimum Gasteiger partial charge on any atom is -0.370 e. The van der Waals surface area contributed by atoms with Crippen molar-refractivity contribution in [3.05, 3.63) is 71.5 Å². The second-order valence-electron chi connectivity index (χ2n) is 7.64. The highest BCUT2D eigenvalue weighted by Gasteiger charge is 2.30. The number of amides is 2. The first-order valence-electron chi connectivity index (χ1n) is 10.4. The summed E-state index contributed by atoms with van der Waals surface area (Å²) < 4.78 is 1.93. The number of hydrogen-bond donors (Lipinski definition) is 2. The van der Waals surface area contributed by atoms with Crippen LogP contribution in [0.4, 0.5) is 5.69 Å². The molecule has 0 aliphatic heterocycles. The van der Waals surface area contributed by atoms with Crippen molar-refractivity contribution in [3.8, 4) is 0 Å². The summed E-state index contributed by atoms with van der Waals surface area (Å²) in [6, 6.07) is 18.0. The van der Waals surface area contributed by atoms with Crippen molar-refractivity contribution in [2.75, 3.05) is 11.1 Å². The number of hydrogen-bond acceptors (Lipinski definition) is 5. The van der Waals surface area contributed by atoms with Gasteiger partial charge in [-0.25, -0.2) is 0 Å². The summed E-state index contributed by atoms with van der Waals surface area (Å²) >= 11 is 1.33. The van der Waals surface area contributed by atoms with Crippen LogP contribution in [0.3, 0.4) is 0 Å². The van der Waals surface area contributed by atoms with Crippen molar-refractivity contribution in [1.29, 1.82) is 0 Å². The number of nitrogens with two attached hydrogens (primary N) is 1. The highest BCUT2D eigenvalue weighted by molar-refractivity contribution is 7.99. The van der Waals surface area contributed by atoms with Gasteiger partial charge in [0, 0.05) is 24.6 Å². The van der Waals surface area contributed by atoms with Crippen LogP contribution in [-0.2, 0) is 22.6 Å². The molecule has 160 valence electrons. The predicted octanol–water partition coefficient (Wildman–Crippen LogP) is 3.35. The van der Waals surface area contributed by atoms with E-state index in [1.807, 2.05) is 47.0 Å². The Morgan fingerprint density at radius 3 is 2.55 bits per heavy atom. The Labute approximate surface area is 185 Å². The third-order valence-electron chi connectivity index (χ3n) is 5.13. The number of nitrogens with one attached hydrogen (secondary N) is 1. The predicted molar refractivity (Wildman–Crippen MR) is 121 cm³/mol. The molecule has 7 nitrogen and oxygen atoms in total. The van der Waals surface area contributed by atoms with Crippen molar-refractivity contribution in [3.63, 3.8) is 0 Å². The number of thioether (sulfide) groups is 1. The molecular formula is C23H25N5O2S. The number of primary amides is 1. The van der Waals surface area contributed by atoms with E-state index in [0.717, 1.165) is 36.3 Å². The standard InChI is InChI=1S/C23H25N5O2S/c24-20(29)12-13-28-22(17-10-11-17)26-27-23(28)31-15-21(30)25-19-9-5-4-8-18(19)14-16-6-2-1-3-7-16/h1-9,17H,10-15H2,(H2,24,29)(H,25,30). The van der Waals surface area contributed by atoms with Gasteiger partial charge in [-0.15, -0.1) is 10.2 Å². The van der Waals surface area contributed by atoms with Crippen LogP contribution in [0.15, 0.2) is 59.8 Å². The molecule has 1 fully saturated rings. The Balaban J connectivity index is 1.40. The lowest BCUT2D eigenvalue weighted by molar-refractivity contribution is -0.118. The first-order valence-corrected chi connectivity index (χ1v) is 11.3. The Morgan fingerprint density at radius 2 is 1.81 bits per heavy atom. The van der Waals surface area contributed by atoms with Gasteiger partial charge in [-0.1, -0.05) is 60.3 Å².